The lowest BCUT2D eigenvalue weighted by Crippen LogP contribution is -1.91. The van der Waals surface area contributed by atoms with Gasteiger partial charge in [-0.1, -0.05) is 110 Å². The highest BCUT2D eigenvalue weighted by Crippen LogP contribution is 2.15. The lowest BCUT2D eigenvalue weighted by molar-refractivity contribution is 0.531. The summed E-state index contributed by atoms with van der Waals surface area (Å²) in [7, 11) is -1.01. The van der Waals surface area contributed by atoms with Gasteiger partial charge in [-0.15, -0.1) is 22.2 Å². The van der Waals surface area contributed by atoms with Gasteiger partial charge in [0.2, 0.25) is 0 Å². The van der Waals surface area contributed by atoms with Gasteiger partial charge in [0.25, 0.3) is 7.42 Å². The van der Waals surface area contributed by atoms with Gasteiger partial charge in [0.05, 0.1) is 0 Å². The molecule has 0 aromatic carbocycles. The Bertz CT molecular complexity index is 186. The summed E-state index contributed by atoms with van der Waals surface area (Å²) in [6.45, 7) is 2.29. The molecule has 0 aromatic heterocycles. The second-order valence-corrected chi connectivity index (χ2v) is 10.9. The average molecular weight is 352 g/mol. The van der Waals surface area contributed by atoms with Crippen molar-refractivity contribution in [1.82, 2.24) is 0 Å². The van der Waals surface area contributed by atoms with Crippen LogP contribution in [-0.4, -0.2) is 7.42 Å². The summed E-state index contributed by atoms with van der Waals surface area (Å²) < 4.78 is 0. The van der Waals surface area contributed by atoms with Gasteiger partial charge in [0.15, 0.2) is 0 Å². The molecule has 0 nitrogen and oxygen atoms in total. The summed E-state index contributed by atoms with van der Waals surface area (Å²) in [5.74, 6) is 0. The molecule has 0 fully saturated rings. The van der Waals surface area contributed by atoms with Crippen LogP contribution >= 0.6 is 22.2 Å². The Morgan fingerprint density at radius 3 is 1.05 bits per heavy atom. The van der Waals surface area contributed by atoms with Crippen molar-refractivity contribution in [2.45, 2.75) is 116 Å². The summed E-state index contributed by atoms with van der Waals surface area (Å²) in [6.07, 6.45) is 22.7. The fourth-order valence-corrected chi connectivity index (χ4v) is 4.13. The van der Waals surface area contributed by atoms with Crippen molar-refractivity contribution >= 4 is 29.6 Å². The first-order valence-corrected chi connectivity index (χ1v) is 13.2. The van der Waals surface area contributed by atoms with E-state index in [0.29, 0.717) is 0 Å². The first-order chi connectivity index (χ1) is 10.3. The van der Waals surface area contributed by atoms with Crippen molar-refractivity contribution in [1.29, 1.82) is 0 Å². The van der Waals surface area contributed by atoms with Crippen molar-refractivity contribution in [2.75, 3.05) is 0 Å². The van der Waals surface area contributed by atoms with Crippen LogP contribution in [0.2, 0.25) is 6.04 Å². The Balaban J connectivity index is 2.93. The fraction of sp³-hybridized carbons (Fsp3) is 1.00. The molecule has 0 saturated heterocycles. The molecule has 0 heterocycles. The van der Waals surface area contributed by atoms with Crippen molar-refractivity contribution in [3.63, 3.8) is 0 Å². The molecule has 1 radical (unpaired) electrons. The summed E-state index contributed by atoms with van der Waals surface area (Å²) in [5, 5.41) is 0. The topological polar surface area (TPSA) is 0 Å². The molecule has 0 N–H and O–H groups in total. The highest BCUT2D eigenvalue weighted by Gasteiger charge is 2.01. The Morgan fingerprint density at radius 2 is 0.762 bits per heavy atom. The molecule has 0 aromatic rings. The smallest absolute Gasteiger partial charge is 0.147 e. The molecule has 0 bridgehead atoms. The molecule has 0 aliphatic rings. The Labute approximate surface area is 145 Å². The zero-order valence-corrected chi connectivity index (χ0v) is 16.8. The fourth-order valence-electron chi connectivity index (χ4n) is 2.81. The minimum absolute atomic E-state index is 1.01. The van der Waals surface area contributed by atoms with Crippen LogP contribution in [0.1, 0.15) is 110 Å². The van der Waals surface area contributed by atoms with Gasteiger partial charge >= 0.3 is 0 Å². The first kappa shape index (κ1) is 21.8. The van der Waals surface area contributed by atoms with Crippen LogP contribution in [0.15, 0.2) is 0 Å². The first-order valence-electron chi connectivity index (χ1n) is 9.44. The normalized spacial score (nSPS) is 11.4. The number of rotatable bonds is 17. The lowest BCUT2D eigenvalue weighted by Gasteiger charge is -2.03. The number of hydrogen-bond acceptors (Lipinski definition) is 0. The summed E-state index contributed by atoms with van der Waals surface area (Å²) in [6, 6.07) is 1.06. The quantitative estimate of drug-likeness (QED) is 0.140. The maximum Gasteiger partial charge on any atom is 0.273 e. The van der Waals surface area contributed by atoms with Crippen LogP contribution in [0.3, 0.4) is 0 Å². The molecule has 0 saturated carbocycles. The summed E-state index contributed by atoms with van der Waals surface area (Å²) in [5.41, 5.74) is 0. The van der Waals surface area contributed by atoms with E-state index in [9.17, 15) is 0 Å². The summed E-state index contributed by atoms with van der Waals surface area (Å²) >= 11 is 11.6. The number of hydrogen-bond donors (Lipinski definition) is 0. The van der Waals surface area contributed by atoms with Crippen LogP contribution in [0, 0.1) is 0 Å². The molecule has 0 aliphatic carbocycles. The van der Waals surface area contributed by atoms with E-state index in [1.165, 1.54) is 103 Å². The van der Waals surface area contributed by atoms with Crippen LogP contribution in [0.25, 0.3) is 0 Å². The summed E-state index contributed by atoms with van der Waals surface area (Å²) in [4.78, 5) is 0. The maximum absolute atomic E-state index is 5.81. The third kappa shape index (κ3) is 20.8. The lowest BCUT2D eigenvalue weighted by atomic mass is 10.0. The molecule has 127 valence electrons. The van der Waals surface area contributed by atoms with E-state index in [2.05, 4.69) is 6.92 Å². The zero-order valence-electron chi connectivity index (χ0n) is 14.3. The number of halogens is 2. The molecular weight excluding hydrogens is 315 g/mol. The van der Waals surface area contributed by atoms with Gasteiger partial charge in [-0.2, -0.15) is 0 Å². The molecule has 0 rings (SSSR count). The molecule has 0 amide bonds. The second-order valence-electron chi connectivity index (χ2n) is 6.39. The van der Waals surface area contributed by atoms with Crippen molar-refractivity contribution < 1.29 is 0 Å². The third-order valence-corrected chi connectivity index (χ3v) is 6.08. The van der Waals surface area contributed by atoms with E-state index in [1.807, 2.05) is 0 Å². The van der Waals surface area contributed by atoms with Crippen LogP contribution in [0.5, 0.6) is 0 Å². The largest absolute Gasteiger partial charge is 0.273 e. The zero-order chi connectivity index (χ0) is 15.6. The van der Waals surface area contributed by atoms with Gasteiger partial charge in [-0.3, -0.25) is 0 Å². The van der Waals surface area contributed by atoms with Crippen LogP contribution in [0.4, 0.5) is 0 Å². The Morgan fingerprint density at radius 1 is 0.476 bits per heavy atom. The molecule has 0 spiro atoms. The maximum atomic E-state index is 5.81. The van der Waals surface area contributed by atoms with E-state index < -0.39 is 7.42 Å². The van der Waals surface area contributed by atoms with Crippen molar-refractivity contribution in [3.8, 4) is 0 Å². The van der Waals surface area contributed by atoms with Crippen molar-refractivity contribution in [2.24, 2.45) is 0 Å². The predicted octanol–water partition coefficient (Wildman–Crippen LogP) is 8.21. The van der Waals surface area contributed by atoms with Gasteiger partial charge in [-0.05, 0) is 6.04 Å². The van der Waals surface area contributed by atoms with E-state index in [1.54, 1.807) is 0 Å². The van der Waals surface area contributed by atoms with E-state index >= 15 is 0 Å². The van der Waals surface area contributed by atoms with Gasteiger partial charge in [0.1, 0.15) is 0 Å². The second kappa shape index (κ2) is 18.8. The van der Waals surface area contributed by atoms with E-state index in [-0.39, 0.29) is 0 Å². The minimum atomic E-state index is -1.01. The van der Waals surface area contributed by atoms with Gasteiger partial charge < -0.3 is 0 Å². The Hall–Kier alpha value is 0.797. The molecule has 3 heteroatoms. The third-order valence-electron chi connectivity index (χ3n) is 4.22. The molecule has 0 unspecified atom stereocenters. The monoisotopic (exact) mass is 351 g/mol. The van der Waals surface area contributed by atoms with Crippen molar-refractivity contribution in [3.05, 3.63) is 0 Å². The van der Waals surface area contributed by atoms with E-state index in [0.717, 1.165) is 6.04 Å². The molecule has 21 heavy (non-hydrogen) atoms. The highest BCUT2D eigenvalue weighted by molar-refractivity contribution is 7.33. The van der Waals surface area contributed by atoms with Gasteiger partial charge in [-0.25, -0.2) is 0 Å². The number of unbranched alkanes of at least 4 members (excludes halogenated alkanes) is 15. The molecular formula is C18H37Cl2Si. The predicted molar refractivity (Wildman–Crippen MR) is 102 cm³/mol. The van der Waals surface area contributed by atoms with E-state index in [4.69, 9.17) is 22.2 Å². The minimum Gasteiger partial charge on any atom is -0.147 e. The van der Waals surface area contributed by atoms with Crippen LogP contribution < -0.4 is 0 Å². The standard InChI is InChI=1S/C18H37Cl2Si/c1-2-3-4-5-6-7-8-9-10-11-12-13-14-15-16-17-18-21(19)20/h2-18H2,1H3. The highest BCUT2D eigenvalue weighted by atomic mass is 35.7. The van der Waals surface area contributed by atoms with Gasteiger partial charge in [0, 0.05) is 0 Å². The van der Waals surface area contributed by atoms with Crippen LogP contribution in [-0.2, 0) is 0 Å². The molecule has 0 atom stereocenters. The average Bonchev–Trinajstić information content (AvgIpc) is 2.46. The Kier molecular flexibility index (Phi) is 19.6. The SMILES string of the molecule is CCCCCCCCCCCCCCCCCC[Si](Cl)Cl. The molecule has 0 aliphatic heterocycles.